The number of nitrogens with one attached hydrogen (secondary N) is 1. The summed E-state index contributed by atoms with van der Waals surface area (Å²) in [5.74, 6) is -1.44. The van der Waals surface area contributed by atoms with Crippen molar-refractivity contribution in [3.05, 3.63) is 29.6 Å². The molecule has 2 N–H and O–H groups in total. The summed E-state index contributed by atoms with van der Waals surface area (Å²) < 4.78 is 44.7. The molecule has 0 bridgehead atoms. The number of aliphatic hydroxyl groups excluding tert-OH is 1. The van der Waals surface area contributed by atoms with Crippen molar-refractivity contribution in [1.29, 1.82) is 0 Å². The van der Waals surface area contributed by atoms with Crippen LogP contribution in [0.5, 0.6) is 5.75 Å². The highest BCUT2D eigenvalue weighted by molar-refractivity contribution is 7.88. The Morgan fingerprint density at radius 2 is 2.17 bits per heavy atom. The lowest BCUT2D eigenvalue weighted by atomic mass is 10.0. The SMILES string of the molecule is CNC(=O)C[C@@H]1CN(S(=O)(=O)Cc2cc(F)ccc2OC)C[C@H]1O. The number of sulfonamides is 1. The maximum atomic E-state index is 13.4. The number of amides is 1. The number of aliphatic hydroxyl groups is 1. The average molecular weight is 360 g/mol. The molecule has 1 heterocycles. The fourth-order valence-electron chi connectivity index (χ4n) is 2.73. The summed E-state index contributed by atoms with van der Waals surface area (Å²) >= 11 is 0. The summed E-state index contributed by atoms with van der Waals surface area (Å²) in [5, 5.41) is 12.5. The van der Waals surface area contributed by atoms with Gasteiger partial charge in [-0.2, -0.15) is 4.31 Å². The number of rotatable bonds is 6. The topological polar surface area (TPSA) is 95.9 Å². The lowest BCUT2D eigenvalue weighted by Crippen LogP contribution is -2.31. The molecule has 9 heteroatoms. The maximum Gasteiger partial charge on any atom is 0.220 e. The second kappa shape index (κ2) is 7.45. The van der Waals surface area contributed by atoms with Crippen LogP contribution < -0.4 is 10.1 Å². The van der Waals surface area contributed by atoms with E-state index in [4.69, 9.17) is 4.74 Å². The van der Waals surface area contributed by atoms with Gasteiger partial charge in [0.25, 0.3) is 0 Å². The van der Waals surface area contributed by atoms with Crippen LogP contribution in [0, 0.1) is 11.7 Å². The van der Waals surface area contributed by atoms with Crippen molar-refractivity contribution >= 4 is 15.9 Å². The summed E-state index contributed by atoms with van der Waals surface area (Å²) in [6.07, 6.45) is -0.862. The fourth-order valence-corrected chi connectivity index (χ4v) is 4.33. The first-order valence-electron chi connectivity index (χ1n) is 7.45. The molecule has 0 aliphatic carbocycles. The second-order valence-corrected chi connectivity index (χ2v) is 7.70. The van der Waals surface area contributed by atoms with E-state index in [0.29, 0.717) is 0 Å². The van der Waals surface area contributed by atoms with Crippen LogP contribution in [-0.2, 0) is 20.6 Å². The fraction of sp³-hybridized carbons (Fsp3) is 0.533. The van der Waals surface area contributed by atoms with Gasteiger partial charge in [0.15, 0.2) is 0 Å². The Hall–Kier alpha value is -1.71. The third kappa shape index (κ3) is 4.22. The molecule has 1 amide bonds. The number of ether oxygens (including phenoxy) is 1. The highest BCUT2D eigenvalue weighted by atomic mass is 32.2. The van der Waals surface area contributed by atoms with Gasteiger partial charge in [-0.1, -0.05) is 0 Å². The minimum Gasteiger partial charge on any atom is -0.496 e. The molecular weight excluding hydrogens is 339 g/mol. The molecule has 2 rings (SSSR count). The summed E-state index contributed by atoms with van der Waals surface area (Å²) in [4.78, 5) is 11.4. The molecule has 1 aliphatic heterocycles. The molecule has 0 aromatic heterocycles. The summed E-state index contributed by atoms with van der Waals surface area (Å²) in [5.41, 5.74) is 0.210. The van der Waals surface area contributed by atoms with Gasteiger partial charge in [0.05, 0.1) is 19.0 Å². The van der Waals surface area contributed by atoms with Crippen LogP contribution in [0.1, 0.15) is 12.0 Å². The van der Waals surface area contributed by atoms with Gasteiger partial charge in [0, 0.05) is 38.0 Å². The maximum absolute atomic E-state index is 13.4. The zero-order chi connectivity index (χ0) is 17.9. The molecule has 1 fully saturated rings. The lowest BCUT2D eigenvalue weighted by molar-refractivity contribution is -0.122. The molecule has 0 saturated carbocycles. The quantitative estimate of drug-likeness (QED) is 0.750. The standard InChI is InChI=1S/C15H21FN2O5S/c1-17-15(20)6-10-7-18(8-13(10)19)24(21,22)9-11-5-12(16)3-4-14(11)23-2/h3-5,10,13,19H,6-9H2,1-2H3,(H,17,20)/t10-,13-/m1/s1. The Morgan fingerprint density at radius 1 is 1.46 bits per heavy atom. The van der Waals surface area contributed by atoms with Crippen molar-refractivity contribution in [3.8, 4) is 5.75 Å². The normalized spacial score (nSPS) is 21.7. The van der Waals surface area contributed by atoms with Gasteiger partial charge in [-0.15, -0.1) is 0 Å². The van der Waals surface area contributed by atoms with Gasteiger partial charge < -0.3 is 15.2 Å². The Morgan fingerprint density at radius 3 is 2.79 bits per heavy atom. The van der Waals surface area contributed by atoms with Crippen molar-refractivity contribution in [1.82, 2.24) is 9.62 Å². The number of benzene rings is 1. The summed E-state index contributed by atoms with van der Waals surface area (Å²) in [7, 11) is -0.918. The van der Waals surface area contributed by atoms with E-state index in [2.05, 4.69) is 5.32 Å². The van der Waals surface area contributed by atoms with E-state index in [-0.39, 0.29) is 36.7 Å². The molecule has 1 saturated heterocycles. The summed E-state index contributed by atoms with van der Waals surface area (Å²) in [6, 6.07) is 3.67. The van der Waals surface area contributed by atoms with Crippen LogP contribution in [0.15, 0.2) is 18.2 Å². The van der Waals surface area contributed by atoms with Crippen LogP contribution in [0.3, 0.4) is 0 Å². The van der Waals surface area contributed by atoms with Crippen molar-refractivity contribution in [2.75, 3.05) is 27.2 Å². The number of halogens is 1. The van der Waals surface area contributed by atoms with Gasteiger partial charge in [0.1, 0.15) is 11.6 Å². The first-order valence-corrected chi connectivity index (χ1v) is 9.06. The lowest BCUT2D eigenvalue weighted by Gasteiger charge is -2.17. The van der Waals surface area contributed by atoms with Crippen LogP contribution in [0.2, 0.25) is 0 Å². The predicted octanol–water partition coefficient (Wildman–Crippen LogP) is 0.0929. The highest BCUT2D eigenvalue weighted by Crippen LogP contribution is 2.27. The predicted molar refractivity (Wildman–Crippen MR) is 85.3 cm³/mol. The first-order chi connectivity index (χ1) is 11.3. The second-order valence-electron chi connectivity index (χ2n) is 5.73. The number of hydrogen-bond acceptors (Lipinski definition) is 5. The molecule has 0 spiro atoms. The number of carbonyl (C=O) groups is 1. The molecule has 24 heavy (non-hydrogen) atoms. The monoisotopic (exact) mass is 360 g/mol. The number of methoxy groups -OCH3 is 1. The molecule has 0 unspecified atom stereocenters. The zero-order valence-electron chi connectivity index (χ0n) is 13.5. The van der Waals surface area contributed by atoms with E-state index in [1.165, 1.54) is 26.3 Å². The van der Waals surface area contributed by atoms with Gasteiger partial charge in [-0.05, 0) is 18.2 Å². The van der Waals surface area contributed by atoms with E-state index in [1.54, 1.807) is 0 Å². The number of nitrogens with zero attached hydrogens (tertiary/aromatic N) is 1. The average Bonchev–Trinajstić information content (AvgIpc) is 2.89. The smallest absolute Gasteiger partial charge is 0.220 e. The first kappa shape index (κ1) is 18.6. The van der Waals surface area contributed by atoms with E-state index >= 15 is 0 Å². The van der Waals surface area contributed by atoms with Gasteiger partial charge >= 0.3 is 0 Å². The molecule has 134 valence electrons. The highest BCUT2D eigenvalue weighted by Gasteiger charge is 2.38. The zero-order valence-corrected chi connectivity index (χ0v) is 14.3. The third-order valence-electron chi connectivity index (χ3n) is 4.07. The van der Waals surface area contributed by atoms with E-state index in [9.17, 15) is 22.7 Å². The molecule has 0 radical (unpaired) electrons. The van der Waals surface area contributed by atoms with Crippen LogP contribution in [0.25, 0.3) is 0 Å². The Balaban J connectivity index is 2.14. The van der Waals surface area contributed by atoms with E-state index in [1.807, 2.05) is 0 Å². The minimum absolute atomic E-state index is 0.0486. The van der Waals surface area contributed by atoms with E-state index in [0.717, 1.165) is 10.4 Å². The molecule has 2 atom stereocenters. The Bertz CT molecular complexity index is 710. The van der Waals surface area contributed by atoms with Crippen LogP contribution in [-0.4, -0.2) is 57.1 Å². The van der Waals surface area contributed by atoms with Crippen LogP contribution in [0.4, 0.5) is 4.39 Å². The van der Waals surface area contributed by atoms with E-state index < -0.39 is 33.6 Å². The van der Waals surface area contributed by atoms with Crippen molar-refractivity contribution < 1.29 is 27.4 Å². The number of carbonyl (C=O) groups excluding carboxylic acids is 1. The molecule has 1 aliphatic rings. The van der Waals surface area contributed by atoms with Gasteiger partial charge in [-0.25, -0.2) is 12.8 Å². The van der Waals surface area contributed by atoms with Crippen molar-refractivity contribution in [3.63, 3.8) is 0 Å². The largest absolute Gasteiger partial charge is 0.496 e. The van der Waals surface area contributed by atoms with Crippen LogP contribution >= 0.6 is 0 Å². The Labute approximate surface area is 140 Å². The molecule has 1 aromatic rings. The van der Waals surface area contributed by atoms with Gasteiger partial charge in [0.2, 0.25) is 15.9 Å². The summed E-state index contributed by atoms with van der Waals surface area (Å²) in [6.45, 7) is -0.0316. The van der Waals surface area contributed by atoms with Crippen molar-refractivity contribution in [2.24, 2.45) is 5.92 Å². The van der Waals surface area contributed by atoms with Crippen molar-refractivity contribution in [2.45, 2.75) is 18.3 Å². The third-order valence-corrected chi connectivity index (χ3v) is 5.83. The van der Waals surface area contributed by atoms with Gasteiger partial charge in [-0.3, -0.25) is 4.79 Å². The molecule has 7 nitrogen and oxygen atoms in total. The number of hydrogen-bond donors (Lipinski definition) is 2. The molecule has 1 aromatic carbocycles. The number of β-amino-alcohol motifs (C(OH)–C–C–N with tert-alkyl or cyclic N) is 1. The Kier molecular flexibility index (Phi) is 5.79. The molecular formula is C15H21FN2O5S. The minimum atomic E-state index is -3.78.